The molecule has 4 nitrogen and oxygen atoms in total. The zero-order valence-electron chi connectivity index (χ0n) is 9.90. The predicted molar refractivity (Wildman–Crippen MR) is 65.9 cm³/mol. The average molecular weight is 222 g/mol. The molecule has 0 spiro atoms. The number of rotatable bonds is 2. The normalized spacial score (nSPS) is 20.7. The third-order valence-corrected chi connectivity index (χ3v) is 3.36. The number of aromatic hydroxyl groups is 1. The molecule has 1 aromatic rings. The van der Waals surface area contributed by atoms with Gasteiger partial charge in [-0.15, -0.1) is 0 Å². The first-order valence-electron chi connectivity index (χ1n) is 5.71. The number of likely N-dealkylation sites (N-methyl/N-ethyl adjacent to an activating group) is 1. The van der Waals surface area contributed by atoms with Gasteiger partial charge >= 0.3 is 0 Å². The molecule has 4 N–H and O–H groups in total. The number of nitrogen functional groups attached to an aromatic ring is 1. The lowest BCUT2D eigenvalue weighted by Gasteiger charge is -2.21. The highest BCUT2D eigenvalue weighted by molar-refractivity contribution is 5.69. The van der Waals surface area contributed by atoms with Crippen LogP contribution in [0, 0.1) is 0 Å². The lowest BCUT2D eigenvalue weighted by atomic mass is 10.2. The fourth-order valence-electron chi connectivity index (χ4n) is 2.26. The van der Waals surface area contributed by atoms with Crippen LogP contribution in [0.25, 0.3) is 0 Å². The lowest BCUT2D eigenvalue weighted by molar-refractivity contribution is -0.882. The molecular formula is C12H20N3O+. The Kier molecular flexibility index (Phi) is 2.92. The molecule has 0 aromatic heterocycles. The van der Waals surface area contributed by atoms with E-state index in [1.54, 1.807) is 18.2 Å². The highest BCUT2D eigenvalue weighted by Crippen LogP contribution is 2.29. The molecule has 1 atom stereocenters. The Morgan fingerprint density at radius 3 is 2.81 bits per heavy atom. The van der Waals surface area contributed by atoms with E-state index in [9.17, 15) is 5.11 Å². The molecular weight excluding hydrogens is 202 g/mol. The number of phenols is 1. The van der Waals surface area contributed by atoms with Gasteiger partial charge < -0.3 is 20.6 Å². The Hall–Kier alpha value is -1.42. The van der Waals surface area contributed by atoms with Crippen LogP contribution in [-0.2, 0) is 0 Å². The second-order valence-corrected chi connectivity index (χ2v) is 4.75. The van der Waals surface area contributed by atoms with E-state index in [1.807, 2.05) is 0 Å². The van der Waals surface area contributed by atoms with E-state index in [4.69, 9.17) is 5.73 Å². The van der Waals surface area contributed by atoms with Crippen molar-refractivity contribution in [2.75, 3.05) is 37.8 Å². The van der Waals surface area contributed by atoms with E-state index in [0.717, 1.165) is 24.5 Å². The Labute approximate surface area is 96.3 Å². The molecule has 0 radical (unpaired) electrons. The Morgan fingerprint density at radius 1 is 1.44 bits per heavy atom. The second kappa shape index (κ2) is 4.22. The van der Waals surface area contributed by atoms with Gasteiger partial charge in [-0.1, -0.05) is 0 Å². The molecule has 1 saturated heterocycles. The van der Waals surface area contributed by atoms with Crippen molar-refractivity contribution in [3.8, 4) is 5.75 Å². The molecule has 0 amide bonds. The molecule has 0 saturated carbocycles. The minimum absolute atomic E-state index is 0.282. The molecule has 0 aliphatic carbocycles. The van der Waals surface area contributed by atoms with Gasteiger partial charge in [0.1, 0.15) is 11.8 Å². The highest BCUT2D eigenvalue weighted by atomic mass is 16.3. The summed E-state index contributed by atoms with van der Waals surface area (Å²) in [4.78, 5) is 3.73. The Balaban J connectivity index is 2.17. The zero-order valence-corrected chi connectivity index (χ0v) is 9.90. The number of quaternary nitrogens is 1. The van der Waals surface area contributed by atoms with Crippen LogP contribution in [0.15, 0.2) is 18.2 Å². The fourth-order valence-corrected chi connectivity index (χ4v) is 2.26. The van der Waals surface area contributed by atoms with E-state index >= 15 is 0 Å². The van der Waals surface area contributed by atoms with Gasteiger partial charge in [0.25, 0.3) is 0 Å². The van der Waals surface area contributed by atoms with E-state index in [0.29, 0.717) is 6.04 Å². The molecule has 88 valence electrons. The summed E-state index contributed by atoms with van der Waals surface area (Å²) in [6.45, 7) is 2.03. The van der Waals surface area contributed by atoms with Gasteiger partial charge in [0.15, 0.2) is 0 Å². The first kappa shape index (κ1) is 11.1. The number of hydrogen-bond acceptors (Lipinski definition) is 3. The van der Waals surface area contributed by atoms with E-state index in [-0.39, 0.29) is 5.75 Å². The number of nitrogens with one attached hydrogen (secondary N) is 1. The average Bonchev–Trinajstić information content (AvgIpc) is 2.70. The summed E-state index contributed by atoms with van der Waals surface area (Å²) in [6.07, 6.45) is 1.18. The maximum absolute atomic E-state index is 9.49. The van der Waals surface area contributed by atoms with Crippen molar-refractivity contribution < 1.29 is 10.0 Å². The largest absolute Gasteiger partial charge is 0.508 e. The SMILES string of the molecule is C[NH+](C)C1CCN(c2cc(O)ccc2N)C1. The van der Waals surface area contributed by atoms with Crippen molar-refractivity contribution in [3.05, 3.63) is 18.2 Å². The van der Waals surface area contributed by atoms with Crippen LogP contribution in [0.3, 0.4) is 0 Å². The predicted octanol–water partition coefficient (Wildman–Crippen LogP) is -0.302. The van der Waals surface area contributed by atoms with Crippen molar-refractivity contribution in [3.63, 3.8) is 0 Å². The first-order valence-corrected chi connectivity index (χ1v) is 5.71. The molecule has 1 aromatic carbocycles. The standard InChI is InChI=1S/C12H19N3O/c1-14(2)9-5-6-15(8-9)12-7-10(16)3-4-11(12)13/h3-4,7,9,16H,5-6,8,13H2,1-2H3/p+1. The molecule has 1 aliphatic heterocycles. The number of benzene rings is 1. The van der Waals surface area contributed by atoms with E-state index < -0.39 is 0 Å². The molecule has 1 aliphatic rings. The lowest BCUT2D eigenvalue weighted by Crippen LogP contribution is -3.10. The summed E-state index contributed by atoms with van der Waals surface area (Å²) >= 11 is 0. The van der Waals surface area contributed by atoms with Crippen molar-refractivity contribution in [2.24, 2.45) is 0 Å². The number of phenolic OH excluding ortho intramolecular Hbond substituents is 1. The van der Waals surface area contributed by atoms with Crippen LogP contribution >= 0.6 is 0 Å². The van der Waals surface area contributed by atoms with E-state index in [1.165, 1.54) is 11.3 Å². The zero-order chi connectivity index (χ0) is 11.7. The maximum atomic E-state index is 9.49. The maximum Gasteiger partial charge on any atom is 0.117 e. The van der Waals surface area contributed by atoms with Crippen molar-refractivity contribution in [2.45, 2.75) is 12.5 Å². The van der Waals surface area contributed by atoms with Crippen molar-refractivity contribution in [1.29, 1.82) is 0 Å². The second-order valence-electron chi connectivity index (χ2n) is 4.75. The smallest absolute Gasteiger partial charge is 0.117 e. The number of nitrogens with zero attached hydrogens (tertiary/aromatic N) is 1. The molecule has 1 fully saturated rings. The summed E-state index contributed by atoms with van der Waals surface area (Å²) in [7, 11) is 4.36. The van der Waals surface area contributed by atoms with Crippen LogP contribution in [0.1, 0.15) is 6.42 Å². The Morgan fingerprint density at radius 2 is 2.19 bits per heavy atom. The molecule has 1 unspecified atom stereocenters. The van der Waals surface area contributed by atoms with Gasteiger partial charge in [0.2, 0.25) is 0 Å². The Bertz CT molecular complexity index is 379. The third-order valence-electron chi connectivity index (χ3n) is 3.36. The van der Waals surface area contributed by atoms with Gasteiger partial charge in [-0.05, 0) is 12.1 Å². The molecule has 4 heteroatoms. The van der Waals surface area contributed by atoms with Crippen LogP contribution in [0.2, 0.25) is 0 Å². The minimum Gasteiger partial charge on any atom is -0.508 e. The van der Waals surface area contributed by atoms with E-state index in [2.05, 4.69) is 19.0 Å². The van der Waals surface area contributed by atoms with Crippen molar-refractivity contribution in [1.82, 2.24) is 0 Å². The molecule has 2 rings (SSSR count). The number of hydrogen-bond donors (Lipinski definition) is 3. The van der Waals surface area contributed by atoms with Crippen molar-refractivity contribution >= 4 is 11.4 Å². The van der Waals surface area contributed by atoms with Crippen LogP contribution in [-0.4, -0.2) is 38.3 Å². The minimum atomic E-state index is 0.282. The summed E-state index contributed by atoms with van der Waals surface area (Å²) in [6, 6.07) is 5.80. The third kappa shape index (κ3) is 2.07. The molecule has 16 heavy (non-hydrogen) atoms. The highest BCUT2D eigenvalue weighted by Gasteiger charge is 2.27. The molecule has 1 heterocycles. The van der Waals surface area contributed by atoms with Crippen LogP contribution in [0.4, 0.5) is 11.4 Å². The molecule has 0 bridgehead atoms. The topological polar surface area (TPSA) is 53.9 Å². The number of nitrogens with two attached hydrogens (primary N) is 1. The summed E-state index contributed by atoms with van der Waals surface area (Å²) in [5.74, 6) is 0.282. The van der Waals surface area contributed by atoms with Crippen LogP contribution in [0.5, 0.6) is 5.75 Å². The van der Waals surface area contributed by atoms with Gasteiger partial charge in [-0.2, -0.15) is 0 Å². The van der Waals surface area contributed by atoms with Gasteiger partial charge in [0, 0.05) is 19.0 Å². The monoisotopic (exact) mass is 222 g/mol. The number of anilines is 2. The van der Waals surface area contributed by atoms with Crippen LogP contribution < -0.4 is 15.5 Å². The summed E-state index contributed by atoms with van der Waals surface area (Å²) < 4.78 is 0. The van der Waals surface area contributed by atoms with Gasteiger partial charge in [-0.25, -0.2) is 0 Å². The summed E-state index contributed by atoms with van der Waals surface area (Å²) in [5.41, 5.74) is 7.64. The summed E-state index contributed by atoms with van der Waals surface area (Å²) in [5, 5.41) is 9.49. The van der Waals surface area contributed by atoms with Gasteiger partial charge in [-0.3, -0.25) is 0 Å². The van der Waals surface area contributed by atoms with Gasteiger partial charge in [0.05, 0.1) is 32.0 Å². The first-order chi connectivity index (χ1) is 7.58. The fraction of sp³-hybridized carbons (Fsp3) is 0.500. The quantitative estimate of drug-likeness (QED) is 0.475.